The minimum absolute atomic E-state index is 0.162. The van der Waals surface area contributed by atoms with Crippen molar-refractivity contribution in [2.45, 2.75) is 20.3 Å². The first-order valence-corrected chi connectivity index (χ1v) is 9.04. The molecule has 5 nitrogen and oxygen atoms in total. The molecule has 2 heterocycles. The Kier molecular flexibility index (Phi) is 4.60. The first kappa shape index (κ1) is 17.2. The van der Waals surface area contributed by atoms with E-state index < -0.39 is 0 Å². The molecular formula is C22H22N4O. The Morgan fingerprint density at radius 3 is 2.52 bits per heavy atom. The van der Waals surface area contributed by atoms with E-state index in [1.807, 2.05) is 67.1 Å². The highest BCUT2D eigenvalue weighted by atomic mass is 16.2. The van der Waals surface area contributed by atoms with Crippen LogP contribution >= 0.6 is 0 Å². The molecule has 0 bridgehead atoms. The van der Waals surface area contributed by atoms with Crippen molar-refractivity contribution in [3.8, 4) is 5.82 Å². The number of anilines is 2. The van der Waals surface area contributed by atoms with Gasteiger partial charge in [-0.2, -0.15) is 5.10 Å². The van der Waals surface area contributed by atoms with Gasteiger partial charge in [0.05, 0.1) is 16.9 Å². The van der Waals surface area contributed by atoms with Crippen molar-refractivity contribution >= 4 is 22.3 Å². The predicted octanol–water partition coefficient (Wildman–Crippen LogP) is 4.32. The first-order chi connectivity index (χ1) is 13.1. The molecule has 0 radical (unpaired) electrons. The molecule has 0 amide bonds. The Morgan fingerprint density at radius 2 is 1.81 bits per heavy atom. The Hall–Kier alpha value is -3.18. The third-order valence-electron chi connectivity index (χ3n) is 4.57. The summed E-state index contributed by atoms with van der Waals surface area (Å²) in [7, 11) is 0. The second-order valence-corrected chi connectivity index (χ2v) is 6.68. The molecule has 0 saturated heterocycles. The lowest BCUT2D eigenvalue weighted by Gasteiger charge is -2.11. The molecule has 0 spiro atoms. The number of benzene rings is 2. The zero-order chi connectivity index (χ0) is 18.8. The van der Waals surface area contributed by atoms with Gasteiger partial charge in [-0.05, 0) is 62.2 Å². The van der Waals surface area contributed by atoms with Crippen LogP contribution in [0.4, 0.5) is 11.4 Å². The number of aromatic nitrogens is 3. The van der Waals surface area contributed by atoms with Crippen LogP contribution < -0.4 is 5.32 Å². The van der Waals surface area contributed by atoms with Crippen LogP contribution in [0.1, 0.15) is 17.0 Å². The molecule has 0 fully saturated rings. The van der Waals surface area contributed by atoms with E-state index in [0.29, 0.717) is 6.42 Å². The highest BCUT2D eigenvalue weighted by molar-refractivity contribution is 5.92. The molecule has 136 valence electrons. The number of aliphatic hydroxyl groups excluding tert-OH is 1. The Labute approximate surface area is 158 Å². The highest BCUT2D eigenvalue weighted by Gasteiger charge is 2.09. The summed E-state index contributed by atoms with van der Waals surface area (Å²) in [4.78, 5) is 4.87. The fraction of sp³-hybridized carbons (Fsp3) is 0.182. The van der Waals surface area contributed by atoms with E-state index in [2.05, 4.69) is 22.5 Å². The van der Waals surface area contributed by atoms with Crippen molar-refractivity contribution in [3.05, 3.63) is 77.6 Å². The second-order valence-electron chi connectivity index (χ2n) is 6.68. The van der Waals surface area contributed by atoms with Gasteiger partial charge in [-0.25, -0.2) is 9.67 Å². The molecule has 2 N–H and O–H groups in total. The van der Waals surface area contributed by atoms with Gasteiger partial charge in [0.2, 0.25) is 0 Å². The number of hydrogen-bond acceptors (Lipinski definition) is 4. The Morgan fingerprint density at radius 1 is 1.00 bits per heavy atom. The molecule has 2 aromatic carbocycles. The van der Waals surface area contributed by atoms with Crippen LogP contribution in [0, 0.1) is 13.8 Å². The maximum Gasteiger partial charge on any atom is 0.154 e. The number of aryl methyl sites for hydroxylation is 2. The third-order valence-corrected chi connectivity index (χ3v) is 4.57. The van der Waals surface area contributed by atoms with Gasteiger partial charge in [0, 0.05) is 23.4 Å². The smallest absolute Gasteiger partial charge is 0.154 e. The lowest BCUT2D eigenvalue weighted by Crippen LogP contribution is -2.03. The van der Waals surface area contributed by atoms with Crippen LogP contribution in [0.5, 0.6) is 0 Å². The average Bonchev–Trinajstić information content (AvgIpc) is 3.02. The minimum atomic E-state index is 0.162. The summed E-state index contributed by atoms with van der Waals surface area (Å²) >= 11 is 0. The summed E-state index contributed by atoms with van der Waals surface area (Å²) in [5, 5.41) is 18.1. The monoisotopic (exact) mass is 358 g/mol. The number of para-hydroxylation sites is 1. The third kappa shape index (κ3) is 3.55. The number of nitrogens with zero attached hydrogens (tertiary/aromatic N) is 3. The van der Waals surface area contributed by atoms with E-state index in [1.165, 1.54) is 0 Å². The van der Waals surface area contributed by atoms with E-state index in [9.17, 15) is 0 Å². The van der Waals surface area contributed by atoms with Crippen molar-refractivity contribution in [3.63, 3.8) is 0 Å². The summed E-state index contributed by atoms with van der Waals surface area (Å²) in [6, 6.07) is 20.3. The normalized spacial score (nSPS) is 11.1. The van der Waals surface area contributed by atoms with Crippen LogP contribution in [0.25, 0.3) is 16.7 Å². The number of aliphatic hydroxyl groups is 1. The van der Waals surface area contributed by atoms with Gasteiger partial charge < -0.3 is 10.4 Å². The summed E-state index contributed by atoms with van der Waals surface area (Å²) < 4.78 is 1.87. The van der Waals surface area contributed by atoms with E-state index in [-0.39, 0.29) is 6.61 Å². The lowest BCUT2D eigenvalue weighted by molar-refractivity contribution is 0.299. The number of rotatable bonds is 5. The maximum absolute atomic E-state index is 9.05. The minimum Gasteiger partial charge on any atom is -0.396 e. The highest BCUT2D eigenvalue weighted by Crippen LogP contribution is 2.26. The van der Waals surface area contributed by atoms with Crippen molar-refractivity contribution in [1.29, 1.82) is 0 Å². The molecule has 0 saturated carbocycles. The Balaban J connectivity index is 1.72. The number of nitrogens with one attached hydrogen (secondary N) is 1. The molecule has 0 unspecified atom stereocenters. The van der Waals surface area contributed by atoms with Crippen LogP contribution in [0.15, 0.2) is 60.7 Å². The number of hydrogen-bond donors (Lipinski definition) is 2. The average molecular weight is 358 g/mol. The van der Waals surface area contributed by atoms with E-state index in [4.69, 9.17) is 10.1 Å². The van der Waals surface area contributed by atoms with Crippen LogP contribution in [-0.4, -0.2) is 26.5 Å². The van der Waals surface area contributed by atoms with Gasteiger partial charge in [-0.3, -0.25) is 0 Å². The van der Waals surface area contributed by atoms with Gasteiger partial charge in [-0.1, -0.05) is 24.3 Å². The molecule has 0 aliphatic rings. The van der Waals surface area contributed by atoms with Gasteiger partial charge in [0.25, 0.3) is 0 Å². The van der Waals surface area contributed by atoms with Gasteiger partial charge in [0.1, 0.15) is 0 Å². The van der Waals surface area contributed by atoms with Crippen molar-refractivity contribution in [2.75, 3.05) is 11.9 Å². The van der Waals surface area contributed by atoms with E-state index in [1.54, 1.807) is 0 Å². The molecule has 4 rings (SSSR count). The van der Waals surface area contributed by atoms with Crippen LogP contribution in [0.2, 0.25) is 0 Å². The predicted molar refractivity (Wildman–Crippen MR) is 109 cm³/mol. The van der Waals surface area contributed by atoms with Gasteiger partial charge in [0.15, 0.2) is 5.82 Å². The number of fused-ring (bicyclic) bond motifs is 1. The molecule has 0 aliphatic heterocycles. The quantitative estimate of drug-likeness (QED) is 0.558. The number of pyridine rings is 1. The fourth-order valence-electron chi connectivity index (χ4n) is 3.26. The topological polar surface area (TPSA) is 63.0 Å². The van der Waals surface area contributed by atoms with E-state index in [0.717, 1.165) is 45.0 Å². The second kappa shape index (κ2) is 7.21. The molecule has 0 aliphatic carbocycles. The molecule has 5 heteroatoms. The van der Waals surface area contributed by atoms with Crippen molar-refractivity contribution < 1.29 is 5.11 Å². The van der Waals surface area contributed by atoms with Crippen molar-refractivity contribution in [1.82, 2.24) is 14.8 Å². The van der Waals surface area contributed by atoms with E-state index >= 15 is 0 Å². The zero-order valence-corrected chi connectivity index (χ0v) is 15.5. The van der Waals surface area contributed by atoms with Gasteiger partial charge in [-0.15, -0.1) is 0 Å². The molecule has 27 heavy (non-hydrogen) atoms. The van der Waals surface area contributed by atoms with Crippen molar-refractivity contribution in [2.24, 2.45) is 0 Å². The summed E-state index contributed by atoms with van der Waals surface area (Å²) in [5.74, 6) is 0.806. The Bertz CT molecular complexity index is 1080. The molecular weight excluding hydrogens is 336 g/mol. The SMILES string of the molecule is Cc1cc(C)n(-c2ccc3cccc(Nc4ccc(CCO)cc4)c3n2)n1. The zero-order valence-electron chi connectivity index (χ0n) is 15.5. The molecule has 0 atom stereocenters. The summed E-state index contributed by atoms with van der Waals surface area (Å²) in [6.45, 7) is 4.18. The van der Waals surface area contributed by atoms with Gasteiger partial charge >= 0.3 is 0 Å². The molecule has 2 aromatic heterocycles. The summed E-state index contributed by atoms with van der Waals surface area (Å²) in [6.07, 6.45) is 0.669. The first-order valence-electron chi connectivity index (χ1n) is 9.04. The standard InChI is InChI=1S/C22H22N4O/c1-15-14-16(2)26(25-15)21-11-8-18-4-3-5-20(22(18)24-21)23-19-9-6-17(7-10-19)12-13-27/h3-11,14,23,27H,12-13H2,1-2H3. The van der Waals surface area contributed by atoms with Crippen LogP contribution in [-0.2, 0) is 6.42 Å². The lowest BCUT2D eigenvalue weighted by atomic mass is 10.1. The largest absolute Gasteiger partial charge is 0.396 e. The fourth-order valence-corrected chi connectivity index (χ4v) is 3.26. The van der Waals surface area contributed by atoms with Crippen LogP contribution in [0.3, 0.4) is 0 Å². The molecule has 4 aromatic rings. The maximum atomic E-state index is 9.05. The summed E-state index contributed by atoms with van der Waals surface area (Å²) in [5.41, 5.74) is 5.99.